The summed E-state index contributed by atoms with van der Waals surface area (Å²) in [6, 6.07) is 0. The molecule has 0 amide bonds. The summed E-state index contributed by atoms with van der Waals surface area (Å²) in [7, 11) is 0. The van der Waals surface area contributed by atoms with Crippen molar-refractivity contribution in [2.75, 3.05) is 6.54 Å². The highest BCUT2D eigenvalue weighted by atomic mass is 16.1. The molecule has 2 nitrogen and oxygen atoms in total. The van der Waals surface area contributed by atoms with Crippen LogP contribution in [0.5, 0.6) is 0 Å². The molecular weight excluding hydrogens is 186 g/mol. The number of hydrogen-bond acceptors (Lipinski definition) is 2. The quantitative estimate of drug-likeness (QED) is 0.773. The number of nitrogens with two attached hydrogens (primary N) is 1. The average molecular weight is 209 g/mol. The van der Waals surface area contributed by atoms with Crippen LogP contribution in [0.15, 0.2) is 11.6 Å². The van der Waals surface area contributed by atoms with E-state index in [0.29, 0.717) is 24.7 Å². The molecule has 0 saturated heterocycles. The van der Waals surface area contributed by atoms with Gasteiger partial charge in [0.05, 0.1) is 0 Å². The maximum atomic E-state index is 11.9. The molecule has 1 aliphatic carbocycles. The molecule has 1 aliphatic rings. The van der Waals surface area contributed by atoms with Crippen LogP contribution in [0.25, 0.3) is 0 Å². The number of carbonyl (C=O) groups is 1. The summed E-state index contributed by atoms with van der Waals surface area (Å²) in [5.74, 6) is 0.652. The molecule has 0 heterocycles. The van der Waals surface area contributed by atoms with Crippen molar-refractivity contribution >= 4 is 5.78 Å². The highest BCUT2D eigenvalue weighted by molar-refractivity contribution is 5.95. The molecule has 1 rings (SSSR count). The van der Waals surface area contributed by atoms with Crippen LogP contribution < -0.4 is 5.73 Å². The molecule has 0 radical (unpaired) electrons. The van der Waals surface area contributed by atoms with E-state index in [9.17, 15) is 4.79 Å². The van der Waals surface area contributed by atoms with Gasteiger partial charge in [0, 0.05) is 6.42 Å². The molecule has 0 aliphatic heterocycles. The molecule has 1 atom stereocenters. The SMILES string of the molecule is CC(CN)CC(=O)C1=CCCCCCC1. The highest BCUT2D eigenvalue weighted by Gasteiger charge is 2.13. The number of carbonyl (C=O) groups excluding carboxylic acids is 1. The van der Waals surface area contributed by atoms with Crippen molar-refractivity contribution in [3.8, 4) is 0 Å². The van der Waals surface area contributed by atoms with Crippen LogP contribution in [0.4, 0.5) is 0 Å². The molecule has 0 saturated carbocycles. The summed E-state index contributed by atoms with van der Waals surface area (Å²) in [6.45, 7) is 2.65. The minimum atomic E-state index is 0.323. The van der Waals surface area contributed by atoms with E-state index in [1.807, 2.05) is 6.92 Å². The summed E-state index contributed by atoms with van der Waals surface area (Å²) < 4.78 is 0. The molecule has 0 aromatic rings. The van der Waals surface area contributed by atoms with Crippen molar-refractivity contribution in [1.82, 2.24) is 0 Å². The molecule has 86 valence electrons. The monoisotopic (exact) mass is 209 g/mol. The lowest BCUT2D eigenvalue weighted by Crippen LogP contribution is -2.16. The highest BCUT2D eigenvalue weighted by Crippen LogP contribution is 2.19. The fraction of sp³-hybridized carbons (Fsp3) is 0.769. The Kier molecular flexibility index (Phi) is 5.62. The number of ketones is 1. The standard InChI is InChI=1S/C13H23NO/c1-11(10-14)9-13(15)12-7-5-3-2-4-6-8-12/h7,11H,2-6,8-10,14H2,1H3. The van der Waals surface area contributed by atoms with Crippen LogP contribution >= 0.6 is 0 Å². The Labute approximate surface area is 92.9 Å². The van der Waals surface area contributed by atoms with Gasteiger partial charge in [-0.05, 0) is 43.7 Å². The lowest BCUT2D eigenvalue weighted by atomic mass is 9.93. The minimum absolute atomic E-state index is 0.323. The van der Waals surface area contributed by atoms with Gasteiger partial charge >= 0.3 is 0 Å². The first kappa shape index (κ1) is 12.4. The smallest absolute Gasteiger partial charge is 0.158 e. The van der Waals surface area contributed by atoms with E-state index < -0.39 is 0 Å². The number of rotatable bonds is 4. The molecule has 0 aromatic carbocycles. The van der Waals surface area contributed by atoms with Gasteiger partial charge in [-0.1, -0.05) is 25.8 Å². The van der Waals surface area contributed by atoms with Crippen molar-refractivity contribution in [1.29, 1.82) is 0 Å². The number of allylic oxidation sites excluding steroid dienone is 2. The zero-order valence-electron chi connectivity index (χ0n) is 9.80. The van der Waals surface area contributed by atoms with E-state index in [0.717, 1.165) is 18.4 Å². The van der Waals surface area contributed by atoms with E-state index in [4.69, 9.17) is 5.73 Å². The molecule has 15 heavy (non-hydrogen) atoms. The van der Waals surface area contributed by atoms with Gasteiger partial charge in [-0.3, -0.25) is 4.79 Å². The summed E-state index contributed by atoms with van der Waals surface area (Å²) in [6.07, 6.45) is 9.85. The lowest BCUT2D eigenvalue weighted by molar-refractivity contribution is -0.116. The maximum Gasteiger partial charge on any atom is 0.158 e. The zero-order valence-corrected chi connectivity index (χ0v) is 9.80. The van der Waals surface area contributed by atoms with Crippen LogP contribution in [0.3, 0.4) is 0 Å². The third-order valence-corrected chi connectivity index (χ3v) is 3.09. The Morgan fingerprint density at radius 2 is 2.13 bits per heavy atom. The van der Waals surface area contributed by atoms with E-state index in [1.54, 1.807) is 0 Å². The van der Waals surface area contributed by atoms with Crippen molar-refractivity contribution in [2.24, 2.45) is 11.7 Å². The van der Waals surface area contributed by atoms with E-state index in [1.165, 1.54) is 25.7 Å². The Morgan fingerprint density at radius 1 is 1.40 bits per heavy atom. The van der Waals surface area contributed by atoms with Crippen LogP contribution in [-0.2, 0) is 4.79 Å². The molecule has 2 heteroatoms. The first-order valence-corrected chi connectivity index (χ1v) is 6.16. The third kappa shape index (κ3) is 4.61. The number of Topliss-reactive ketones (excluding diaryl/α,β-unsaturated/α-hetero) is 1. The van der Waals surface area contributed by atoms with Gasteiger partial charge in [-0.15, -0.1) is 0 Å². The average Bonchev–Trinajstić information content (AvgIpc) is 2.16. The topological polar surface area (TPSA) is 43.1 Å². The van der Waals surface area contributed by atoms with Crippen LogP contribution in [-0.4, -0.2) is 12.3 Å². The molecule has 2 N–H and O–H groups in total. The number of hydrogen-bond donors (Lipinski definition) is 1. The molecule has 0 aromatic heterocycles. The molecule has 0 fully saturated rings. The predicted octanol–water partition coefficient (Wildman–Crippen LogP) is 2.82. The second-order valence-electron chi connectivity index (χ2n) is 4.65. The van der Waals surface area contributed by atoms with E-state index >= 15 is 0 Å². The van der Waals surface area contributed by atoms with Gasteiger partial charge in [0.25, 0.3) is 0 Å². The van der Waals surface area contributed by atoms with E-state index in [2.05, 4.69) is 6.08 Å². The summed E-state index contributed by atoms with van der Waals surface area (Å²) in [5, 5.41) is 0. The maximum absolute atomic E-state index is 11.9. The second kappa shape index (κ2) is 6.78. The Hall–Kier alpha value is -0.630. The van der Waals surface area contributed by atoms with Crippen molar-refractivity contribution < 1.29 is 4.79 Å². The first-order chi connectivity index (χ1) is 7.24. The van der Waals surface area contributed by atoms with Crippen molar-refractivity contribution in [3.05, 3.63) is 11.6 Å². The largest absolute Gasteiger partial charge is 0.330 e. The van der Waals surface area contributed by atoms with E-state index in [-0.39, 0.29) is 0 Å². The Balaban J connectivity index is 2.48. The summed E-state index contributed by atoms with van der Waals surface area (Å²) in [4.78, 5) is 11.9. The fourth-order valence-corrected chi connectivity index (χ4v) is 1.98. The molecule has 1 unspecified atom stereocenters. The fourth-order valence-electron chi connectivity index (χ4n) is 1.98. The van der Waals surface area contributed by atoms with Crippen LogP contribution in [0, 0.1) is 5.92 Å². The zero-order chi connectivity index (χ0) is 11.1. The van der Waals surface area contributed by atoms with Crippen LogP contribution in [0.2, 0.25) is 0 Å². The minimum Gasteiger partial charge on any atom is -0.330 e. The summed E-state index contributed by atoms with van der Waals surface area (Å²) >= 11 is 0. The first-order valence-electron chi connectivity index (χ1n) is 6.16. The molecule has 0 spiro atoms. The van der Waals surface area contributed by atoms with Gasteiger partial charge in [-0.2, -0.15) is 0 Å². The van der Waals surface area contributed by atoms with Crippen molar-refractivity contribution in [3.63, 3.8) is 0 Å². The van der Waals surface area contributed by atoms with Gasteiger partial charge in [0.15, 0.2) is 5.78 Å². The Morgan fingerprint density at radius 3 is 2.87 bits per heavy atom. The third-order valence-electron chi connectivity index (χ3n) is 3.09. The van der Waals surface area contributed by atoms with Gasteiger partial charge in [-0.25, -0.2) is 0 Å². The van der Waals surface area contributed by atoms with Crippen molar-refractivity contribution in [2.45, 2.75) is 51.9 Å². The van der Waals surface area contributed by atoms with Gasteiger partial charge < -0.3 is 5.73 Å². The second-order valence-corrected chi connectivity index (χ2v) is 4.65. The van der Waals surface area contributed by atoms with Crippen LogP contribution in [0.1, 0.15) is 51.9 Å². The predicted molar refractivity (Wildman–Crippen MR) is 63.6 cm³/mol. The normalized spacial score (nSPS) is 20.0. The summed E-state index contributed by atoms with van der Waals surface area (Å²) in [5.41, 5.74) is 6.60. The van der Waals surface area contributed by atoms with Gasteiger partial charge in [0.2, 0.25) is 0 Å². The molecular formula is C13H23NO. The Bertz CT molecular complexity index is 233. The molecule has 0 bridgehead atoms. The van der Waals surface area contributed by atoms with Gasteiger partial charge in [0.1, 0.15) is 0 Å². The lowest BCUT2D eigenvalue weighted by Gasteiger charge is -2.12.